The number of hydrogen-bond donors (Lipinski definition) is 1. The summed E-state index contributed by atoms with van der Waals surface area (Å²) in [7, 11) is 2.83. The van der Waals surface area contributed by atoms with Crippen molar-refractivity contribution in [3.05, 3.63) is 59.8 Å². The van der Waals surface area contributed by atoms with E-state index in [1.54, 1.807) is 0 Å². The SMILES string of the molecule is Cn1c(=O)c2c(-c3cc([N+](=O)[O-])ccc3Br)n(CC(N)=O)cc2n(C)c1=O. The molecule has 10 nitrogen and oxygen atoms in total. The zero-order valence-corrected chi connectivity index (χ0v) is 15.9. The Hall–Kier alpha value is -3.21. The first-order chi connectivity index (χ1) is 12.6. The average Bonchev–Trinajstić information content (AvgIpc) is 2.96. The lowest BCUT2D eigenvalue weighted by atomic mass is 10.1. The number of nitro groups is 1. The molecule has 27 heavy (non-hydrogen) atoms. The zero-order chi connectivity index (χ0) is 20.0. The molecule has 0 saturated carbocycles. The van der Waals surface area contributed by atoms with Gasteiger partial charge < -0.3 is 10.3 Å². The van der Waals surface area contributed by atoms with E-state index in [1.165, 1.54) is 47.6 Å². The number of nitrogens with two attached hydrogens (primary N) is 1. The van der Waals surface area contributed by atoms with Gasteiger partial charge in [-0.05, 0) is 6.07 Å². The zero-order valence-electron chi connectivity index (χ0n) is 14.3. The van der Waals surface area contributed by atoms with Gasteiger partial charge in [-0.1, -0.05) is 15.9 Å². The van der Waals surface area contributed by atoms with E-state index in [1.807, 2.05) is 0 Å². The number of amides is 1. The maximum Gasteiger partial charge on any atom is 0.330 e. The predicted octanol–water partition coefficient (Wildman–Crippen LogP) is 0.862. The second kappa shape index (κ2) is 6.50. The van der Waals surface area contributed by atoms with E-state index >= 15 is 0 Å². The Morgan fingerprint density at radius 2 is 1.93 bits per heavy atom. The lowest BCUT2D eigenvalue weighted by molar-refractivity contribution is -0.384. The first-order valence-corrected chi connectivity index (χ1v) is 8.44. The van der Waals surface area contributed by atoms with Gasteiger partial charge in [0.25, 0.3) is 11.2 Å². The molecular weight excluding hydrogens is 422 g/mol. The standard InChI is InChI=1S/C16H14BrN5O5/c1-19-11-6-21(7-12(18)23)14(13(11)15(24)20(2)16(19)25)9-5-8(22(26)27)3-4-10(9)17/h3-6H,7H2,1-2H3,(H2,18,23). The van der Waals surface area contributed by atoms with Crippen LogP contribution in [-0.2, 0) is 25.4 Å². The quantitative estimate of drug-likeness (QED) is 0.478. The molecule has 0 saturated heterocycles. The fraction of sp³-hybridized carbons (Fsp3) is 0.188. The molecule has 1 amide bonds. The van der Waals surface area contributed by atoms with Crippen molar-refractivity contribution >= 4 is 38.4 Å². The maximum atomic E-state index is 12.8. The number of rotatable bonds is 4. The van der Waals surface area contributed by atoms with Crippen LogP contribution in [0.25, 0.3) is 22.2 Å². The fourth-order valence-electron chi connectivity index (χ4n) is 2.98. The van der Waals surface area contributed by atoms with E-state index in [-0.39, 0.29) is 28.8 Å². The summed E-state index contributed by atoms with van der Waals surface area (Å²) in [5.74, 6) is -0.667. The van der Waals surface area contributed by atoms with E-state index < -0.39 is 22.1 Å². The van der Waals surface area contributed by atoms with Crippen LogP contribution in [0.1, 0.15) is 0 Å². The summed E-state index contributed by atoms with van der Waals surface area (Å²) >= 11 is 3.33. The van der Waals surface area contributed by atoms with Gasteiger partial charge in [0, 0.05) is 42.5 Å². The van der Waals surface area contributed by atoms with E-state index in [2.05, 4.69) is 15.9 Å². The van der Waals surface area contributed by atoms with E-state index in [9.17, 15) is 24.5 Å². The highest BCUT2D eigenvalue weighted by atomic mass is 79.9. The number of non-ortho nitro benzene ring substituents is 1. The van der Waals surface area contributed by atoms with Crippen molar-refractivity contribution in [1.82, 2.24) is 13.7 Å². The van der Waals surface area contributed by atoms with E-state index in [0.29, 0.717) is 10.0 Å². The molecule has 11 heteroatoms. The number of halogens is 1. The highest BCUT2D eigenvalue weighted by molar-refractivity contribution is 9.10. The molecule has 0 bridgehead atoms. The topological polar surface area (TPSA) is 135 Å². The first-order valence-electron chi connectivity index (χ1n) is 7.65. The molecule has 0 unspecified atom stereocenters. The van der Waals surface area contributed by atoms with Gasteiger partial charge in [0.2, 0.25) is 5.91 Å². The van der Waals surface area contributed by atoms with Crippen molar-refractivity contribution in [3.63, 3.8) is 0 Å². The number of benzene rings is 1. The van der Waals surface area contributed by atoms with Gasteiger partial charge in [0.15, 0.2) is 0 Å². The Balaban J connectivity index is 2.53. The lowest BCUT2D eigenvalue weighted by Crippen LogP contribution is -2.36. The number of nitro benzene ring substituents is 1. The Kier molecular flexibility index (Phi) is 4.47. The number of carbonyl (C=O) groups excluding carboxylic acids is 1. The van der Waals surface area contributed by atoms with Gasteiger partial charge in [-0.15, -0.1) is 0 Å². The van der Waals surface area contributed by atoms with Crippen LogP contribution in [0.3, 0.4) is 0 Å². The van der Waals surface area contributed by atoms with Crippen LogP contribution in [0.2, 0.25) is 0 Å². The first kappa shape index (κ1) is 18.6. The number of carbonyl (C=O) groups is 1. The van der Waals surface area contributed by atoms with Crippen LogP contribution in [0, 0.1) is 10.1 Å². The highest BCUT2D eigenvalue weighted by Crippen LogP contribution is 2.35. The normalized spacial score (nSPS) is 11.1. The van der Waals surface area contributed by atoms with Gasteiger partial charge in [0.1, 0.15) is 6.54 Å². The van der Waals surface area contributed by atoms with Crippen molar-refractivity contribution in [3.8, 4) is 11.3 Å². The number of hydrogen-bond acceptors (Lipinski definition) is 5. The predicted molar refractivity (Wildman–Crippen MR) is 101 cm³/mol. The number of aromatic nitrogens is 3. The second-order valence-electron chi connectivity index (χ2n) is 5.96. The van der Waals surface area contributed by atoms with Crippen LogP contribution in [-0.4, -0.2) is 24.5 Å². The minimum Gasteiger partial charge on any atom is -0.368 e. The molecule has 0 radical (unpaired) electrons. The highest BCUT2D eigenvalue weighted by Gasteiger charge is 2.23. The summed E-state index contributed by atoms with van der Waals surface area (Å²) in [5, 5.41) is 11.3. The number of nitrogens with zero attached hydrogens (tertiary/aromatic N) is 4. The van der Waals surface area contributed by atoms with Crippen molar-refractivity contribution in [2.75, 3.05) is 0 Å². The van der Waals surface area contributed by atoms with Crippen LogP contribution >= 0.6 is 15.9 Å². The number of aryl methyl sites for hydroxylation is 1. The van der Waals surface area contributed by atoms with Crippen LogP contribution < -0.4 is 17.0 Å². The summed E-state index contributed by atoms with van der Waals surface area (Å²) in [6.45, 7) is -0.267. The molecule has 140 valence electrons. The number of fused-ring (bicyclic) bond motifs is 1. The van der Waals surface area contributed by atoms with Gasteiger partial charge >= 0.3 is 5.69 Å². The minimum atomic E-state index is -0.667. The van der Waals surface area contributed by atoms with Crippen LogP contribution in [0.4, 0.5) is 5.69 Å². The van der Waals surface area contributed by atoms with Gasteiger partial charge in [-0.3, -0.25) is 28.8 Å². The summed E-state index contributed by atoms with van der Waals surface area (Å²) in [6, 6.07) is 4.08. The molecule has 1 aromatic carbocycles. The summed E-state index contributed by atoms with van der Waals surface area (Å²) < 4.78 is 4.10. The van der Waals surface area contributed by atoms with E-state index in [0.717, 1.165) is 4.57 Å². The Bertz CT molecular complexity index is 1240. The molecule has 3 rings (SSSR count). The molecule has 0 aliphatic heterocycles. The van der Waals surface area contributed by atoms with Crippen molar-refractivity contribution < 1.29 is 9.72 Å². The molecule has 0 fully saturated rings. The maximum absolute atomic E-state index is 12.8. The molecule has 2 aromatic heterocycles. The van der Waals surface area contributed by atoms with Crippen molar-refractivity contribution in [2.45, 2.75) is 6.54 Å². The van der Waals surface area contributed by atoms with Crippen LogP contribution in [0.15, 0.2) is 38.5 Å². The second-order valence-corrected chi connectivity index (χ2v) is 6.81. The fourth-order valence-corrected chi connectivity index (χ4v) is 3.41. The molecule has 3 aromatic rings. The third-order valence-electron chi connectivity index (χ3n) is 4.25. The summed E-state index contributed by atoms with van der Waals surface area (Å²) in [6.07, 6.45) is 1.46. The Labute approximate surface area is 159 Å². The van der Waals surface area contributed by atoms with Gasteiger partial charge in [-0.2, -0.15) is 0 Å². The molecule has 0 spiro atoms. The van der Waals surface area contributed by atoms with Crippen molar-refractivity contribution in [2.24, 2.45) is 19.8 Å². The average molecular weight is 436 g/mol. The molecular formula is C16H14BrN5O5. The third-order valence-corrected chi connectivity index (χ3v) is 4.95. The van der Waals surface area contributed by atoms with Crippen molar-refractivity contribution in [1.29, 1.82) is 0 Å². The largest absolute Gasteiger partial charge is 0.368 e. The molecule has 2 N–H and O–H groups in total. The Morgan fingerprint density at radius 3 is 2.52 bits per heavy atom. The van der Waals surface area contributed by atoms with E-state index in [4.69, 9.17) is 5.73 Å². The summed E-state index contributed by atoms with van der Waals surface area (Å²) in [4.78, 5) is 47.2. The Morgan fingerprint density at radius 1 is 1.26 bits per heavy atom. The minimum absolute atomic E-state index is 0.155. The molecule has 2 heterocycles. The summed E-state index contributed by atoms with van der Waals surface area (Å²) in [5.41, 5.74) is 4.89. The molecule has 0 atom stereocenters. The number of primary amides is 1. The third kappa shape index (κ3) is 2.95. The molecule has 0 aliphatic carbocycles. The van der Waals surface area contributed by atoms with Crippen LogP contribution in [0.5, 0.6) is 0 Å². The lowest BCUT2D eigenvalue weighted by Gasteiger charge is -2.10. The monoisotopic (exact) mass is 435 g/mol. The molecule has 0 aliphatic rings. The van der Waals surface area contributed by atoms with Gasteiger partial charge in [0.05, 0.1) is 21.5 Å². The smallest absolute Gasteiger partial charge is 0.330 e. The van der Waals surface area contributed by atoms with Gasteiger partial charge in [-0.25, -0.2) is 4.79 Å².